The van der Waals surface area contributed by atoms with E-state index >= 15 is 0 Å². The van der Waals surface area contributed by atoms with E-state index in [4.69, 9.17) is 9.47 Å². The molecule has 0 atom stereocenters. The van der Waals surface area contributed by atoms with E-state index in [1.807, 2.05) is 25.1 Å². The number of sulfonamides is 1. The predicted molar refractivity (Wildman–Crippen MR) is 94.2 cm³/mol. The maximum Gasteiger partial charge on any atom is 0.341 e. The molecular formula is C18H20FNO5S. The van der Waals surface area contributed by atoms with E-state index in [1.165, 1.54) is 14.1 Å². The van der Waals surface area contributed by atoms with Gasteiger partial charge < -0.3 is 9.47 Å². The average Bonchev–Trinajstić information content (AvgIpc) is 2.60. The van der Waals surface area contributed by atoms with Crippen molar-refractivity contribution < 1.29 is 27.1 Å². The van der Waals surface area contributed by atoms with Crippen LogP contribution in [0.2, 0.25) is 0 Å². The molecule has 26 heavy (non-hydrogen) atoms. The van der Waals surface area contributed by atoms with E-state index in [9.17, 15) is 17.6 Å². The highest BCUT2D eigenvalue weighted by Gasteiger charge is 2.22. The van der Waals surface area contributed by atoms with Gasteiger partial charge in [0.15, 0.2) is 0 Å². The second-order valence-corrected chi connectivity index (χ2v) is 7.83. The number of para-hydroxylation sites is 1. The maximum absolute atomic E-state index is 13.9. The summed E-state index contributed by atoms with van der Waals surface area (Å²) in [6.45, 7) is 1.87. The Hall–Kier alpha value is -2.45. The largest absolute Gasteiger partial charge is 0.490 e. The Morgan fingerprint density at radius 3 is 2.46 bits per heavy atom. The number of esters is 1. The molecule has 0 radical (unpaired) electrons. The van der Waals surface area contributed by atoms with Crippen LogP contribution in [0.4, 0.5) is 4.39 Å². The van der Waals surface area contributed by atoms with Gasteiger partial charge in [0.2, 0.25) is 10.0 Å². The molecular weight excluding hydrogens is 361 g/mol. The third-order valence-electron chi connectivity index (χ3n) is 3.60. The van der Waals surface area contributed by atoms with Gasteiger partial charge in [0.25, 0.3) is 0 Å². The van der Waals surface area contributed by atoms with E-state index < -0.39 is 27.4 Å². The number of carbonyl (C=O) groups is 1. The summed E-state index contributed by atoms with van der Waals surface area (Å²) in [5.74, 6) is -1.15. The normalized spacial score (nSPS) is 11.4. The summed E-state index contributed by atoms with van der Waals surface area (Å²) in [4.78, 5) is 11.9. The first-order chi connectivity index (χ1) is 12.2. The molecule has 0 N–H and O–H groups in total. The minimum atomic E-state index is -3.78. The van der Waals surface area contributed by atoms with Gasteiger partial charge in [-0.25, -0.2) is 21.9 Å². The molecule has 0 bridgehead atoms. The Balaban J connectivity index is 2.02. The summed E-state index contributed by atoms with van der Waals surface area (Å²) in [5, 5.41) is 0. The number of hydrogen-bond donors (Lipinski definition) is 0. The molecule has 0 fully saturated rings. The molecule has 0 aliphatic carbocycles. The van der Waals surface area contributed by atoms with Crippen LogP contribution in [0, 0.1) is 12.7 Å². The first kappa shape index (κ1) is 19.9. The molecule has 2 aromatic carbocycles. The third-order valence-corrected chi connectivity index (χ3v) is 5.42. The predicted octanol–water partition coefficient (Wildman–Crippen LogP) is 2.62. The molecule has 0 aromatic heterocycles. The Bertz CT molecular complexity index is 896. The van der Waals surface area contributed by atoms with Gasteiger partial charge in [-0.1, -0.05) is 18.2 Å². The zero-order valence-corrected chi connectivity index (χ0v) is 15.5. The van der Waals surface area contributed by atoms with Crippen LogP contribution in [0.3, 0.4) is 0 Å². The summed E-state index contributed by atoms with van der Waals surface area (Å²) < 4.78 is 49.5. The smallest absolute Gasteiger partial charge is 0.341 e. The van der Waals surface area contributed by atoms with Crippen molar-refractivity contribution in [3.05, 3.63) is 59.4 Å². The van der Waals surface area contributed by atoms with Crippen molar-refractivity contribution in [3.63, 3.8) is 0 Å². The van der Waals surface area contributed by atoms with E-state index in [2.05, 4.69) is 0 Å². The Morgan fingerprint density at radius 2 is 1.81 bits per heavy atom. The first-order valence-corrected chi connectivity index (χ1v) is 9.25. The fourth-order valence-electron chi connectivity index (χ4n) is 2.11. The molecule has 0 aliphatic rings. The van der Waals surface area contributed by atoms with Gasteiger partial charge in [0.1, 0.15) is 24.8 Å². The number of aryl methyl sites for hydroxylation is 1. The van der Waals surface area contributed by atoms with E-state index in [0.29, 0.717) is 5.75 Å². The van der Waals surface area contributed by atoms with Crippen molar-refractivity contribution in [2.75, 3.05) is 27.3 Å². The van der Waals surface area contributed by atoms with Crippen LogP contribution in [-0.2, 0) is 14.8 Å². The van der Waals surface area contributed by atoms with Crippen molar-refractivity contribution in [2.24, 2.45) is 0 Å². The fourth-order valence-corrected chi connectivity index (χ4v) is 3.04. The van der Waals surface area contributed by atoms with Crippen LogP contribution in [0.15, 0.2) is 47.4 Å². The number of rotatable bonds is 7. The number of hydrogen-bond acceptors (Lipinski definition) is 5. The highest BCUT2D eigenvalue weighted by molar-refractivity contribution is 7.89. The first-order valence-electron chi connectivity index (χ1n) is 7.81. The lowest BCUT2D eigenvalue weighted by atomic mass is 10.2. The number of nitrogens with zero attached hydrogens (tertiary/aromatic N) is 1. The van der Waals surface area contributed by atoms with Crippen LogP contribution in [-0.4, -0.2) is 46.0 Å². The summed E-state index contributed by atoms with van der Waals surface area (Å²) in [5.41, 5.74) is 0.496. The molecule has 0 saturated carbocycles. The van der Waals surface area contributed by atoms with Crippen LogP contribution in [0.1, 0.15) is 15.9 Å². The van der Waals surface area contributed by atoms with E-state index in [1.54, 1.807) is 6.07 Å². The van der Waals surface area contributed by atoms with Gasteiger partial charge in [-0.2, -0.15) is 0 Å². The highest BCUT2D eigenvalue weighted by atomic mass is 32.2. The summed E-state index contributed by atoms with van der Waals surface area (Å²) in [6, 6.07) is 10.4. The molecule has 140 valence electrons. The lowest BCUT2D eigenvalue weighted by Crippen LogP contribution is -2.23. The third kappa shape index (κ3) is 4.59. The van der Waals surface area contributed by atoms with Crippen LogP contribution in [0.5, 0.6) is 5.75 Å². The van der Waals surface area contributed by atoms with Crippen LogP contribution >= 0.6 is 0 Å². The minimum absolute atomic E-state index is 0.0912. The fraction of sp³-hybridized carbons (Fsp3) is 0.278. The molecule has 2 aromatic rings. The number of carbonyl (C=O) groups excluding carboxylic acids is 1. The minimum Gasteiger partial charge on any atom is -0.490 e. The summed E-state index contributed by atoms with van der Waals surface area (Å²) >= 11 is 0. The van der Waals surface area contributed by atoms with E-state index in [0.717, 1.165) is 28.1 Å². The topological polar surface area (TPSA) is 72.9 Å². The Morgan fingerprint density at radius 1 is 1.12 bits per heavy atom. The molecule has 6 nitrogen and oxygen atoms in total. The lowest BCUT2D eigenvalue weighted by molar-refractivity contribution is 0.0444. The molecule has 0 aliphatic heterocycles. The standard InChI is InChI=1S/C18H20FNO5S/c1-13-6-4-5-7-17(13)24-10-11-25-18(21)15-12-14(8-9-16(15)19)26(22,23)20(2)3/h4-9,12H,10-11H2,1-3H3. The zero-order chi connectivity index (χ0) is 19.3. The van der Waals surface area contributed by atoms with Gasteiger partial charge in [-0.3, -0.25) is 0 Å². The van der Waals surface area contributed by atoms with Gasteiger partial charge >= 0.3 is 5.97 Å². The van der Waals surface area contributed by atoms with Crippen molar-refractivity contribution in [3.8, 4) is 5.75 Å². The highest BCUT2D eigenvalue weighted by Crippen LogP contribution is 2.19. The lowest BCUT2D eigenvalue weighted by Gasteiger charge is -2.13. The van der Waals surface area contributed by atoms with Gasteiger partial charge in [-0.15, -0.1) is 0 Å². The van der Waals surface area contributed by atoms with Crippen molar-refractivity contribution in [1.82, 2.24) is 4.31 Å². The Labute approximate surface area is 152 Å². The summed E-state index contributed by atoms with van der Waals surface area (Å²) in [7, 11) is -1.09. The van der Waals surface area contributed by atoms with Gasteiger partial charge in [0.05, 0.1) is 10.5 Å². The van der Waals surface area contributed by atoms with Crippen molar-refractivity contribution >= 4 is 16.0 Å². The Kier molecular flexibility index (Phi) is 6.33. The second-order valence-electron chi connectivity index (χ2n) is 5.68. The SMILES string of the molecule is Cc1ccccc1OCCOC(=O)c1cc(S(=O)(=O)N(C)C)ccc1F. The molecule has 0 spiro atoms. The zero-order valence-electron chi connectivity index (χ0n) is 14.7. The molecule has 2 rings (SSSR count). The second kappa shape index (κ2) is 8.29. The molecule has 0 unspecified atom stereocenters. The molecule has 0 heterocycles. The van der Waals surface area contributed by atoms with Crippen LogP contribution < -0.4 is 4.74 Å². The number of ether oxygens (including phenoxy) is 2. The average molecular weight is 381 g/mol. The van der Waals surface area contributed by atoms with Gasteiger partial charge in [0, 0.05) is 14.1 Å². The van der Waals surface area contributed by atoms with Gasteiger partial charge in [-0.05, 0) is 36.8 Å². The monoisotopic (exact) mass is 381 g/mol. The maximum atomic E-state index is 13.9. The summed E-state index contributed by atoms with van der Waals surface area (Å²) in [6.07, 6.45) is 0. The number of halogens is 1. The van der Waals surface area contributed by atoms with Crippen molar-refractivity contribution in [1.29, 1.82) is 0 Å². The molecule has 8 heteroatoms. The van der Waals surface area contributed by atoms with Crippen molar-refractivity contribution in [2.45, 2.75) is 11.8 Å². The van der Waals surface area contributed by atoms with E-state index in [-0.39, 0.29) is 18.1 Å². The quantitative estimate of drug-likeness (QED) is 0.545. The number of benzene rings is 2. The molecule has 0 amide bonds. The molecule has 0 saturated heterocycles. The van der Waals surface area contributed by atoms with Crippen LogP contribution in [0.25, 0.3) is 0 Å².